The largest absolute Gasteiger partial charge is 0.374 e. The van der Waals surface area contributed by atoms with Crippen LogP contribution in [-0.2, 0) is 12.8 Å². The van der Waals surface area contributed by atoms with E-state index in [2.05, 4.69) is 6.07 Å². The van der Waals surface area contributed by atoms with E-state index in [0.29, 0.717) is 29.9 Å². The number of aliphatic hydroxyl groups is 1. The third-order valence-electron chi connectivity index (χ3n) is 5.59. The van der Waals surface area contributed by atoms with Gasteiger partial charge in [0.1, 0.15) is 5.00 Å². The number of nitrogens with zero attached hydrogens (tertiary/aromatic N) is 3. The van der Waals surface area contributed by atoms with Crippen molar-refractivity contribution in [1.29, 1.82) is 5.26 Å². The van der Waals surface area contributed by atoms with E-state index in [1.54, 1.807) is 23.5 Å². The number of carbonyl (C=O) groups is 1. The molecule has 6 heteroatoms. The Bertz CT molecular complexity index is 999. The van der Waals surface area contributed by atoms with E-state index in [1.165, 1.54) is 4.88 Å². The molecule has 3 heterocycles. The highest BCUT2D eigenvalue weighted by Crippen LogP contribution is 2.47. The number of nitriles is 1. The fourth-order valence-corrected chi connectivity index (χ4v) is 5.47. The van der Waals surface area contributed by atoms with Gasteiger partial charge in [-0.1, -0.05) is 0 Å². The SMILES string of the molecule is N#Cc1ccc(N2CC[C@@]3(O)C(=O)c4c(sc5c4CCCC5)N=C23)cc1. The normalized spacial score (nSPS) is 23.8. The van der Waals surface area contributed by atoms with Crippen LogP contribution in [0.25, 0.3) is 0 Å². The molecule has 2 aliphatic heterocycles. The average molecular weight is 363 g/mol. The number of Topliss-reactive ketones (excluding diaryl/α,β-unsaturated/α-hetero) is 1. The number of amidine groups is 1. The van der Waals surface area contributed by atoms with E-state index in [9.17, 15) is 9.90 Å². The zero-order chi connectivity index (χ0) is 17.9. The first kappa shape index (κ1) is 15.7. The lowest BCUT2D eigenvalue weighted by Crippen LogP contribution is -2.48. The summed E-state index contributed by atoms with van der Waals surface area (Å²) in [6.07, 6.45) is 4.50. The number of aryl methyl sites for hydroxylation is 1. The maximum atomic E-state index is 13.2. The Morgan fingerprint density at radius 1 is 1.23 bits per heavy atom. The molecule has 1 atom stereocenters. The standard InChI is InChI=1S/C20H17N3O2S/c21-11-12-5-7-13(8-6-12)23-10-9-20(25)17(24)16-14-3-1-2-4-15(14)26-18(16)22-19(20)23/h5-8,25H,1-4,9-10H2/t20-/m1/s1. The van der Waals surface area contributed by atoms with Gasteiger partial charge in [0.2, 0.25) is 5.78 Å². The molecule has 1 aromatic heterocycles. The van der Waals surface area contributed by atoms with Crippen LogP contribution >= 0.6 is 11.3 Å². The molecular formula is C20H17N3O2S. The number of fused-ring (bicyclic) bond motifs is 4. The van der Waals surface area contributed by atoms with Gasteiger partial charge < -0.3 is 10.0 Å². The number of carbonyl (C=O) groups excluding carboxylic acids is 1. The van der Waals surface area contributed by atoms with Gasteiger partial charge in [-0.05, 0) is 55.5 Å². The molecule has 5 rings (SSSR count). The summed E-state index contributed by atoms with van der Waals surface area (Å²) >= 11 is 1.60. The van der Waals surface area contributed by atoms with Crippen molar-refractivity contribution in [2.24, 2.45) is 4.99 Å². The summed E-state index contributed by atoms with van der Waals surface area (Å²) in [6.45, 7) is 0.532. The van der Waals surface area contributed by atoms with Crippen LogP contribution in [0.1, 0.15) is 45.6 Å². The van der Waals surface area contributed by atoms with Crippen molar-refractivity contribution in [2.45, 2.75) is 37.7 Å². The molecule has 0 amide bonds. The maximum absolute atomic E-state index is 13.2. The first-order chi connectivity index (χ1) is 12.6. The van der Waals surface area contributed by atoms with Gasteiger partial charge in [-0.3, -0.25) is 4.79 Å². The molecule has 130 valence electrons. The summed E-state index contributed by atoms with van der Waals surface area (Å²) in [7, 11) is 0. The molecule has 3 aliphatic rings. The third kappa shape index (κ3) is 2.05. The number of rotatable bonds is 1. The molecular weight excluding hydrogens is 346 g/mol. The highest BCUT2D eigenvalue weighted by molar-refractivity contribution is 7.16. The lowest BCUT2D eigenvalue weighted by atomic mass is 9.85. The van der Waals surface area contributed by atoms with Crippen molar-refractivity contribution in [2.75, 3.05) is 11.4 Å². The monoisotopic (exact) mass is 363 g/mol. The van der Waals surface area contributed by atoms with E-state index < -0.39 is 5.60 Å². The van der Waals surface area contributed by atoms with E-state index in [4.69, 9.17) is 10.3 Å². The Morgan fingerprint density at radius 2 is 2.00 bits per heavy atom. The summed E-state index contributed by atoms with van der Waals surface area (Å²) in [4.78, 5) is 21.2. The predicted octanol–water partition coefficient (Wildman–Crippen LogP) is 3.37. The molecule has 0 unspecified atom stereocenters. The lowest BCUT2D eigenvalue weighted by Gasteiger charge is -2.29. The molecule has 26 heavy (non-hydrogen) atoms. The molecule has 1 N–H and O–H groups in total. The van der Waals surface area contributed by atoms with Crippen molar-refractivity contribution < 1.29 is 9.90 Å². The Balaban J connectivity index is 1.63. The summed E-state index contributed by atoms with van der Waals surface area (Å²) in [5, 5.41) is 20.9. The van der Waals surface area contributed by atoms with E-state index >= 15 is 0 Å². The van der Waals surface area contributed by atoms with Crippen LogP contribution in [0.15, 0.2) is 29.3 Å². The smallest absolute Gasteiger partial charge is 0.205 e. The number of hydrogen-bond acceptors (Lipinski definition) is 6. The number of ketones is 1. The first-order valence-electron chi connectivity index (χ1n) is 8.90. The number of anilines is 1. The lowest BCUT2D eigenvalue weighted by molar-refractivity contribution is 0.0601. The number of hydrogen-bond donors (Lipinski definition) is 1. The molecule has 1 fully saturated rings. The molecule has 0 spiro atoms. The summed E-state index contributed by atoms with van der Waals surface area (Å²) in [6, 6.07) is 9.27. The van der Waals surface area contributed by atoms with Crippen LogP contribution in [0.2, 0.25) is 0 Å². The molecule has 2 aromatic rings. The van der Waals surface area contributed by atoms with Gasteiger partial charge in [-0.2, -0.15) is 5.26 Å². The Kier molecular flexibility index (Phi) is 3.33. The fourth-order valence-electron chi connectivity index (χ4n) is 4.22. The van der Waals surface area contributed by atoms with Crippen LogP contribution < -0.4 is 4.90 Å². The third-order valence-corrected chi connectivity index (χ3v) is 6.78. The topological polar surface area (TPSA) is 76.7 Å². The van der Waals surface area contributed by atoms with Crippen molar-refractivity contribution >= 4 is 33.6 Å². The molecule has 1 aliphatic carbocycles. The first-order valence-corrected chi connectivity index (χ1v) is 9.72. The van der Waals surface area contributed by atoms with Gasteiger partial charge in [-0.25, -0.2) is 4.99 Å². The number of benzene rings is 1. The summed E-state index contributed by atoms with van der Waals surface area (Å²) < 4.78 is 0. The second kappa shape index (κ2) is 5.50. The van der Waals surface area contributed by atoms with Gasteiger partial charge in [0.05, 0.1) is 17.2 Å². The van der Waals surface area contributed by atoms with Crippen LogP contribution in [0.3, 0.4) is 0 Å². The van der Waals surface area contributed by atoms with Crippen LogP contribution in [0.4, 0.5) is 10.7 Å². The Morgan fingerprint density at radius 3 is 2.77 bits per heavy atom. The average Bonchev–Trinajstić information content (AvgIpc) is 3.21. The second-order valence-corrected chi connectivity index (χ2v) is 8.16. The molecule has 1 aromatic carbocycles. The van der Waals surface area contributed by atoms with Crippen molar-refractivity contribution in [3.63, 3.8) is 0 Å². The van der Waals surface area contributed by atoms with Gasteiger partial charge in [0.25, 0.3) is 0 Å². The highest BCUT2D eigenvalue weighted by atomic mass is 32.1. The maximum Gasteiger partial charge on any atom is 0.205 e. The van der Waals surface area contributed by atoms with E-state index in [-0.39, 0.29) is 5.78 Å². The van der Waals surface area contributed by atoms with Crippen molar-refractivity contribution in [1.82, 2.24) is 0 Å². The molecule has 5 nitrogen and oxygen atoms in total. The summed E-state index contributed by atoms with van der Waals surface area (Å²) in [5.74, 6) is 0.242. The second-order valence-electron chi connectivity index (χ2n) is 7.08. The minimum absolute atomic E-state index is 0.187. The molecule has 0 radical (unpaired) electrons. The minimum atomic E-state index is -1.53. The molecule has 1 saturated heterocycles. The zero-order valence-electron chi connectivity index (χ0n) is 14.2. The molecule has 0 bridgehead atoms. The quantitative estimate of drug-likeness (QED) is 0.843. The Hall–Kier alpha value is -2.49. The van der Waals surface area contributed by atoms with Crippen LogP contribution in [0, 0.1) is 11.3 Å². The van der Waals surface area contributed by atoms with E-state index in [0.717, 1.165) is 41.9 Å². The van der Waals surface area contributed by atoms with Crippen LogP contribution in [-0.4, -0.2) is 28.9 Å². The van der Waals surface area contributed by atoms with Crippen LogP contribution in [0.5, 0.6) is 0 Å². The predicted molar refractivity (Wildman–Crippen MR) is 100 cm³/mol. The Labute approximate surface area is 155 Å². The van der Waals surface area contributed by atoms with Gasteiger partial charge in [0.15, 0.2) is 11.4 Å². The van der Waals surface area contributed by atoms with Crippen molar-refractivity contribution in [3.8, 4) is 6.07 Å². The van der Waals surface area contributed by atoms with Crippen molar-refractivity contribution in [3.05, 3.63) is 45.8 Å². The zero-order valence-corrected chi connectivity index (χ0v) is 15.0. The fraction of sp³-hybridized carbons (Fsp3) is 0.350. The number of aliphatic imine (C=N–C) groups is 1. The van der Waals surface area contributed by atoms with Gasteiger partial charge >= 0.3 is 0 Å². The van der Waals surface area contributed by atoms with Gasteiger partial charge in [-0.15, -0.1) is 11.3 Å². The van der Waals surface area contributed by atoms with E-state index in [1.807, 2.05) is 17.0 Å². The van der Waals surface area contributed by atoms with Gasteiger partial charge in [0, 0.05) is 23.5 Å². The highest BCUT2D eigenvalue weighted by Gasteiger charge is 2.53. The minimum Gasteiger partial charge on any atom is -0.374 e. The summed E-state index contributed by atoms with van der Waals surface area (Å²) in [5.41, 5.74) is 1.67. The number of thiophene rings is 1. The molecule has 0 saturated carbocycles.